The van der Waals surface area contributed by atoms with Crippen LogP contribution in [0.4, 0.5) is 27.9 Å². The summed E-state index contributed by atoms with van der Waals surface area (Å²) in [5, 5.41) is 21.5. The lowest BCUT2D eigenvalue weighted by atomic mass is 10.2. The van der Waals surface area contributed by atoms with Crippen LogP contribution in [0.5, 0.6) is 0 Å². The molecule has 2 heterocycles. The molecule has 0 aliphatic rings. The molecule has 3 aromatic carbocycles. The number of thiazole rings is 1. The number of para-hydroxylation sites is 1. The summed E-state index contributed by atoms with van der Waals surface area (Å²) < 4.78 is 6.19. The van der Waals surface area contributed by atoms with Crippen LogP contribution < -0.4 is 10.2 Å². The van der Waals surface area contributed by atoms with Gasteiger partial charge in [-0.25, -0.2) is 9.78 Å². The van der Waals surface area contributed by atoms with Crippen LogP contribution in [-0.2, 0) is 9.53 Å². The molecular formula is C35H32N6O3S2. The first kappa shape index (κ1) is 32.2. The van der Waals surface area contributed by atoms with Gasteiger partial charge in [0.1, 0.15) is 16.5 Å². The molecular weight excluding hydrogens is 617 g/mol. The van der Waals surface area contributed by atoms with Crippen LogP contribution in [0.1, 0.15) is 47.8 Å². The third-order valence-corrected chi connectivity index (χ3v) is 8.98. The fraction of sp³-hybridized carbons (Fsp3) is 0.200. The van der Waals surface area contributed by atoms with Crippen molar-refractivity contribution in [3.05, 3.63) is 101 Å². The van der Waals surface area contributed by atoms with Gasteiger partial charge in [-0.3, -0.25) is 4.79 Å². The quantitative estimate of drug-likeness (QED) is 0.0446. The average Bonchev–Trinajstić information content (AvgIpc) is 3.65. The van der Waals surface area contributed by atoms with E-state index in [4.69, 9.17) is 4.74 Å². The molecule has 0 bridgehead atoms. The third kappa shape index (κ3) is 8.50. The van der Waals surface area contributed by atoms with Crippen LogP contribution in [0, 0.1) is 11.3 Å². The number of amides is 1. The molecule has 2 aromatic heterocycles. The highest BCUT2D eigenvalue weighted by molar-refractivity contribution is 7.29. The van der Waals surface area contributed by atoms with Gasteiger partial charge in [-0.1, -0.05) is 55.7 Å². The average molecular weight is 649 g/mol. The highest BCUT2D eigenvalue weighted by Crippen LogP contribution is 2.36. The zero-order chi connectivity index (χ0) is 32.3. The van der Waals surface area contributed by atoms with E-state index in [1.54, 1.807) is 24.3 Å². The van der Waals surface area contributed by atoms with E-state index in [-0.39, 0.29) is 5.57 Å². The van der Waals surface area contributed by atoms with E-state index in [1.165, 1.54) is 28.7 Å². The van der Waals surface area contributed by atoms with E-state index in [2.05, 4.69) is 44.5 Å². The van der Waals surface area contributed by atoms with Gasteiger partial charge in [0.25, 0.3) is 5.91 Å². The highest BCUT2D eigenvalue weighted by Gasteiger charge is 2.14. The summed E-state index contributed by atoms with van der Waals surface area (Å²) in [6.45, 7) is 2.51. The van der Waals surface area contributed by atoms with Crippen molar-refractivity contribution in [2.24, 2.45) is 10.2 Å². The van der Waals surface area contributed by atoms with Gasteiger partial charge in [-0.15, -0.1) is 21.6 Å². The molecule has 46 heavy (non-hydrogen) atoms. The second-order valence-electron chi connectivity index (χ2n) is 10.3. The molecule has 0 saturated carbocycles. The number of unbranched alkanes of at least 4 members (excludes halogenated alkanes) is 3. The number of rotatable bonds is 13. The second kappa shape index (κ2) is 15.7. The Kier molecular flexibility index (Phi) is 11.0. The van der Waals surface area contributed by atoms with Crippen molar-refractivity contribution in [1.29, 1.82) is 5.26 Å². The number of carbonyl (C=O) groups excluding carboxylic acids is 2. The maximum Gasteiger partial charge on any atom is 0.338 e. The summed E-state index contributed by atoms with van der Waals surface area (Å²) in [6, 6.07) is 28.2. The fourth-order valence-electron chi connectivity index (χ4n) is 4.46. The summed E-state index contributed by atoms with van der Waals surface area (Å²) in [4.78, 5) is 33.2. The molecule has 0 spiro atoms. The monoisotopic (exact) mass is 648 g/mol. The number of azo groups is 1. The van der Waals surface area contributed by atoms with Crippen molar-refractivity contribution in [1.82, 2.24) is 4.98 Å². The largest absolute Gasteiger partial charge is 0.462 e. The van der Waals surface area contributed by atoms with Crippen LogP contribution in [0.3, 0.4) is 0 Å². The Hall–Kier alpha value is -5.18. The Balaban J connectivity index is 1.17. The first-order valence-corrected chi connectivity index (χ1v) is 16.5. The maximum absolute atomic E-state index is 12.8. The number of carbonyl (C=O) groups is 2. The number of fused-ring (bicyclic) bond motifs is 1. The van der Waals surface area contributed by atoms with E-state index < -0.39 is 11.9 Å². The summed E-state index contributed by atoms with van der Waals surface area (Å²) in [5.41, 5.74) is 3.66. The number of nitrogens with zero attached hydrogens (tertiary/aromatic N) is 5. The highest BCUT2D eigenvalue weighted by atomic mass is 32.1. The normalized spacial score (nSPS) is 11.5. The molecule has 0 fully saturated rings. The van der Waals surface area contributed by atoms with E-state index in [1.807, 2.05) is 61.6 Å². The number of ether oxygens (including phenoxy) is 1. The van der Waals surface area contributed by atoms with Crippen LogP contribution in [-0.4, -0.2) is 30.5 Å². The lowest BCUT2D eigenvalue weighted by Crippen LogP contribution is -2.13. The van der Waals surface area contributed by atoms with Crippen LogP contribution in [0.25, 0.3) is 15.6 Å². The zero-order valence-corrected chi connectivity index (χ0v) is 27.1. The van der Waals surface area contributed by atoms with Gasteiger partial charge < -0.3 is 15.0 Å². The molecule has 0 saturated heterocycles. The molecule has 0 radical (unpaired) electrons. The molecule has 232 valence electrons. The minimum absolute atomic E-state index is 0.0502. The minimum Gasteiger partial charge on any atom is -0.462 e. The first-order chi connectivity index (χ1) is 22.4. The van der Waals surface area contributed by atoms with Crippen molar-refractivity contribution >= 4 is 78.0 Å². The Morgan fingerprint density at radius 2 is 1.70 bits per heavy atom. The molecule has 0 unspecified atom stereocenters. The third-order valence-electron chi connectivity index (χ3n) is 6.99. The van der Waals surface area contributed by atoms with Crippen molar-refractivity contribution in [2.75, 3.05) is 23.9 Å². The lowest BCUT2D eigenvalue weighted by Gasteiger charge is -2.19. The number of esters is 1. The number of aromatic nitrogens is 1. The summed E-state index contributed by atoms with van der Waals surface area (Å²) in [5.74, 6) is -0.946. The zero-order valence-electron chi connectivity index (χ0n) is 25.5. The first-order valence-electron chi connectivity index (χ1n) is 14.8. The van der Waals surface area contributed by atoms with E-state index in [0.717, 1.165) is 51.5 Å². The van der Waals surface area contributed by atoms with E-state index in [0.29, 0.717) is 28.7 Å². The standard InChI is InChI=1S/C35H32N6O3S2/c1-3-4-5-9-20-44-34(43)24-12-14-26(15-13-24)37-32(42)25(23-36)21-30-22-31-33(45-30)38-35(46-31)40-39-27-16-18-29(19-17-27)41(2)28-10-7-6-8-11-28/h6-8,10-19,21-22H,3-5,9,20H2,1-2H3,(H,37,42)/b25-21+,40-39?. The fourth-order valence-corrected chi connectivity index (χ4v) is 6.44. The number of nitrogens with one attached hydrogen (secondary N) is 1. The summed E-state index contributed by atoms with van der Waals surface area (Å²) >= 11 is 2.74. The van der Waals surface area contributed by atoms with Crippen molar-refractivity contribution in [2.45, 2.75) is 32.6 Å². The topological polar surface area (TPSA) is 120 Å². The molecule has 0 aliphatic heterocycles. The minimum atomic E-state index is -0.547. The van der Waals surface area contributed by atoms with Crippen molar-refractivity contribution in [3.8, 4) is 6.07 Å². The van der Waals surface area contributed by atoms with Gasteiger partial charge in [-0.05, 0) is 79.2 Å². The van der Waals surface area contributed by atoms with Gasteiger partial charge in [-0.2, -0.15) is 5.26 Å². The van der Waals surface area contributed by atoms with Crippen LogP contribution in [0.2, 0.25) is 0 Å². The number of hydrogen-bond donors (Lipinski definition) is 1. The number of anilines is 3. The number of hydrogen-bond acceptors (Lipinski definition) is 10. The summed E-state index contributed by atoms with van der Waals surface area (Å²) in [7, 11) is 2.01. The molecule has 5 rings (SSSR count). The van der Waals surface area contributed by atoms with Crippen LogP contribution in [0.15, 0.2) is 101 Å². The molecule has 9 nitrogen and oxygen atoms in total. The molecule has 5 aromatic rings. The van der Waals surface area contributed by atoms with Gasteiger partial charge >= 0.3 is 5.97 Å². The van der Waals surface area contributed by atoms with Crippen molar-refractivity contribution in [3.63, 3.8) is 0 Å². The SMILES string of the molecule is CCCCCCOC(=O)c1ccc(NC(=O)/C(C#N)=C/c2cc3sc(N=Nc4ccc(N(C)c5ccccc5)cc4)nc3s2)cc1. The summed E-state index contributed by atoms with van der Waals surface area (Å²) in [6.07, 6.45) is 5.64. The van der Waals surface area contributed by atoms with Gasteiger partial charge in [0.15, 0.2) is 0 Å². The maximum atomic E-state index is 12.8. The Bertz CT molecular complexity index is 1860. The lowest BCUT2D eigenvalue weighted by molar-refractivity contribution is -0.112. The van der Waals surface area contributed by atoms with Gasteiger partial charge in [0, 0.05) is 29.0 Å². The Morgan fingerprint density at radius 1 is 0.957 bits per heavy atom. The smallest absolute Gasteiger partial charge is 0.338 e. The Morgan fingerprint density at radius 3 is 2.39 bits per heavy atom. The number of nitriles is 1. The molecule has 1 amide bonds. The molecule has 11 heteroatoms. The second-order valence-corrected chi connectivity index (χ2v) is 12.4. The van der Waals surface area contributed by atoms with Gasteiger partial charge in [0.05, 0.1) is 22.6 Å². The Labute approximate surface area is 275 Å². The van der Waals surface area contributed by atoms with Crippen LogP contribution >= 0.6 is 22.7 Å². The number of benzene rings is 3. The van der Waals surface area contributed by atoms with E-state index >= 15 is 0 Å². The predicted octanol–water partition coefficient (Wildman–Crippen LogP) is 9.82. The van der Waals surface area contributed by atoms with Crippen molar-refractivity contribution < 1.29 is 14.3 Å². The number of thiophene rings is 1. The van der Waals surface area contributed by atoms with Gasteiger partial charge in [0.2, 0.25) is 5.13 Å². The molecule has 1 N–H and O–H groups in total. The molecule has 0 atom stereocenters. The molecule has 0 aliphatic carbocycles. The van der Waals surface area contributed by atoms with E-state index in [9.17, 15) is 14.9 Å². The predicted molar refractivity (Wildman–Crippen MR) is 186 cm³/mol.